The Hall–Kier alpha value is -2.69. The summed E-state index contributed by atoms with van der Waals surface area (Å²) in [5, 5.41) is 7.44. The van der Waals surface area contributed by atoms with Gasteiger partial charge in [-0.3, -0.25) is 4.79 Å². The fourth-order valence-electron chi connectivity index (χ4n) is 2.73. The minimum atomic E-state index is -0.0498. The van der Waals surface area contributed by atoms with Gasteiger partial charge in [-0.1, -0.05) is 55.2 Å². The number of carbonyl (C=O) groups excluding carboxylic acids is 1. The van der Waals surface area contributed by atoms with Crippen molar-refractivity contribution >= 4 is 40.5 Å². The van der Waals surface area contributed by atoms with E-state index in [0.717, 1.165) is 28.3 Å². The molecule has 0 spiro atoms. The largest absolute Gasteiger partial charge is 0.489 e. The predicted octanol–water partition coefficient (Wildman–Crippen LogP) is 6.78. The summed E-state index contributed by atoms with van der Waals surface area (Å²) in [5.41, 5.74) is 3.60. The maximum absolute atomic E-state index is 11.8. The van der Waals surface area contributed by atoms with Crippen molar-refractivity contribution in [2.45, 2.75) is 27.0 Å². The zero-order valence-corrected chi connectivity index (χ0v) is 18.4. The molecule has 4 nitrogen and oxygen atoms in total. The van der Waals surface area contributed by atoms with E-state index in [1.54, 1.807) is 12.1 Å². The minimum Gasteiger partial charge on any atom is -0.489 e. The van der Waals surface area contributed by atoms with E-state index in [-0.39, 0.29) is 11.8 Å². The van der Waals surface area contributed by atoms with Gasteiger partial charge in [0.2, 0.25) is 5.91 Å². The van der Waals surface area contributed by atoms with E-state index >= 15 is 0 Å². The molecule has 0 saturated carbocycles. The summed E-state index contributed by atoms with van der Waals surface area (Å²) in [4.78, 5) is 11.8. The number of rotatable bonds is 8. The summed E-state index contributed by atoms with van der Waals surface area (Å²) >= 11 is 12.4. The van der Waals surface area contributed by atoms with E-state index in [1.165, 1.54) is 0 Å². The molecular formula is C24H24Cl2N2O2. The summed E-state index contributed by atoms with van der Waals surface area (Å²) in [7, 11) is 0. The summed E-state index contributed by atoms with van der Waals surface area (Å²) < 4.78 is 5.88. The average molecular weight is 443 g/mol. The van der Waals surface area contributed by atoms with Crippen LogP contribution in [0.2, 0.25) is 10.0 Å². The van der Waals surface area contributed by atoms with Gasteiger partial charge in [-0.2, -0.15) is 0 Å². The zero-order valence-electron chi connectivity index (χ0n) is 16.9. The van der Waals surface area contributed by atoms with Gasteiger partial charge in [0.05, 0.1) is 0 Å². The monoisotopic (exact) mass is 442 g/mol. The number of anilines is 2. The average Bonchev–Trinajstić information content (AvgIpc) is 2.73. The Bertz CT molecular complexity index is 984. The van der Waals surface area contributed by atoms with Crippen LogP contribution in [0.5, 0.6) is 5.75 Å². The number of hydrogen-bond acceptors (Lipinski definition) is 3. The smallest absolute Gasteiger partial charge is 0.226 e. The summed E-state index contributed by atoms with van der Waals surface area (Å²) in [6, 6.07) is 20.9. The molecule has 0 aliphatic heterocycles. The molecule has 0 atom stereocenters. The molecule has 0 aliphatic carbocycles. The van der Waals surface area contributed by atoms with Gasteiger partial charge in [0, 0.05) is 39.4 Å². The molecule has 0 fully saturated rings. The highest BCUT2D eigenvalue weighted by Gasteiger charge is 2.08. The van der Waals surface area contributed by atoms with Crippen LogP contribution in [0.3, 0.4) is 0 Å². The molecular weight excluding hydrogens is 419 g/mol. The summed E-state index contributed by atoms with van der Waals surface area (Å²) in [6.45, 7) is 4.68. The van der Waals surface area contributed by atoms with E-state index in [4.69, 9.17) is 27.9 Å². The van der Waals surface area contributed by atoms with Crippen LogP contribution in [0.4, 0.5) is 11.4 Å². The predicted molar refractivity (Wildman–Crippen MR) is 124 cm³/mol. The molecule has 0 saturated heterocycles. The molecule has 30 heavy (non-hydrogen) atoms. The van der Waals surface area contributed by atoms with Gasteiger partial charge in [-0.25, -0.2) is 0 Å². The number of nitrogens with one attached hydrogen (secondary N) is 2. The van der Waals surface area contributed by atoms with E-state index in [9.17, 15) is 4.79 Å². The van der Waals surface area contributed by atoms with Gasteiger partial charge in [-0.15, -0.1) is 0 Å². The highest BCUT2D eigenvalue weighted by atomic mass is 35.5. The Morgan fingerprint density at radius 1 is 0.933 bits per heavy atom. The minimum absolute atomic E-state index is 0.00519. The Kier molecular flexibility index (Phi) is 7.61. The fraction of sp³-hybridized carbons (Fsp3) is 0.208. The number of hydrogen-bond donors (Lipinski definition) is 2. The first kappa shape index (κ1) is 22.0. The third-order valence-electron chi connectivity index (χ3n) is 4.52. The van der Waals surface area contributed by atoms with Gasteiger partial charge in [0.1, 0.15) is 12.4 Å². The SMILES string of the molecule is CC(C)C(=O)Nc1ccc(NCc2cccc(OCc3c(Cl)cccc3Cl)c2)cc1. The summed E-state index contributed by atoms with van der Waals surface area (Å²) in [5.74, 6) is 0.703. The molecule has 0 heterocycles. The number of benzene rings is 3. The van der Waals surface area contributed by atoms with Crippen molar-refractivity contribution < 1.29 is 9.53 Å². The molecule has 156 valence electrons. The standard InChI is InChI=1S/C24H24Cl2N2O2/c1-16(2)24(29)28-19-11-9-18(10-12-19)27-14-17-5-3-6-20(13-17)30-15-21-22(25)7-4-8-23(21)26/h3-13,16,27H,14-15H2,1-2H3,(H,28,29). The molecule has 6 heteroatoms. The molecule has 3 aromatic rings. The first-order valence-electron chi connectivity index (χ1n) is 9.72. The molecule has 1 amide bonds. The molecule has 3 aromatic carbocycles. The first-order chi connectivity index (χ1) is 14.4. The van der Waals surface area contributed by atoms with E-state index < -0.39 is 0 Å². The molecule has 0 unspecified atom stereocenters. The second kappa shape index (κ2) is 10.4. The lowest BCUT2D eigenvalue weighted by Gasteiger charge is -2.12. The Labute approximate surface area is 187 Å². The molecule has 0 aliphatic rings. The first-order valence-corrected chi connectivity index (χ1v) is 10.5. The van der Waals surface area contributed by atoms with Crippen LogP contribution in [0.1, 0.15) is 25.0 Å². The maximum Gasteiger partial charge on any atom is 0.226 e. The highest BCUT2D eigenvalue weighted by molar-refractivity contribution is 6.35. The number of ether oxygens (including phenoxy) is 1. The van der Waals surface area contributed by atoms with Crippen molar-refractivity contribution in [3.63, 3.8) is 0 Å². The third-order valence-corrected chi connectivity index (χ3v) is 5.22. The van der Waals surface area contributed by atoms with Crippen LogP contribution >= 0.6 is 23.2 Å². The van der Waals surface area contributed by atoms with Gasteiger partial charge >= 0.3 is 0 Å². The number of carbonyl (C=O) groups is 1. The van der Waals surface area contributed by atoms with Crippen molar-refractivity contribution in [2.75, 3.05) is 10.6 Å². The van der Waals surface area contributed by atoms with E-state index in [0.29, 0.717) is 23.2 Å². The molecule has 3 rings (SSSR count). The zero-order chi connectivity index (χ0) is 21.5. The van der Waals surface area contributed by atoms with Crippen molar-refractivity contribution in [3.8, 4) is 5.75 Å². The van der Waals surface area contributed by atoms with Crippen LogP contribution in [0, 0.1) is 5.92 Å². The van der Waals surface area contributed by atoms with Crippen LogP contribution < -0.4 is 15.4 Å². The number of halogens is 2. The third kappa shape index (κ3) is 6.15. The van der Waals surface area contributed by atoms with E-state index in [2.05, 4.69) is 10.6 Å². The van der Waals surface area contributed by atoms with Crippen molar-refractivity contribution in [1.82, 2.24) is 0 Å². The van der Waals surface area contributed by atoms with Crippen LogP contribution in [0.25, 0.3) is 0 Å². The lowest BCUT2D eigenvalue weighted by Crippen LogP contribution is -2.17. The second-order valence-electron chi connectivity index (χ2n) is 7.21. The van der Waals surface area contributed by atoms with Gasteiger partial charge < -0.3 is 15.4 Å². The summed E-state index contributed by atoms with van der Waals surface area (Å²) in [6.07, 6.45) is 0. The van der Waals surface area contributed by atoms with Gasteiger partial charge in [0.15, 0.2) is 0 Å². The van der Waals surface area contributed by atoms with Gasteiger partial charge in [-0.05, 0) is 54.1 Å². The number of amides is 1. The maximum atomic E-state index is 11.8. The van der Waals surface area contributed by atoms with Crippen LogP contribution in [-0.4, -0.2) is 5.91 Å². The second-order valence-corrected chi connectivity index (χ2v) is 8.03. The molecule has 0 aromatic heterocycles. The molecule has 0 radical (unpaired) electrons. The fourth-order valence-corrected chi connectivity index (χ4v) is 3.24. The Morgan fingerprint density at radius 2 is 1.57 bits per heavy atom. The molecule has 0 bridgehead atoms. The normalized spacial score (nSPS) is 10.7. The van der Waals surface area contributed by atoms with Crippen molar-refractivity contribution in [3.05, 3.63) is 87.9 Å². The lowest BCUT2D eigenvalue weighted by molar-refractivity contribution is -0.118. The van der Waals surface area contributed by atoms with E-state index in [1.807, 2.05) is 68.4 Å². The van der Waals surface area contributed by atoms with Gasteiger partial charge in [0.25, 0.3) is 0 Å². The van der Waals surface area contributed by atoms with Crippen molar-refractivity contribution in [1.29, 1.82) is 0 Å². The highest BCUT2D eigenvalue weighted by Crippen LogP contribution is 2.26. The quantitative estimate of drug-likeness (QED) is 0.404. The molecule has 2 N–H and O–H groups in total. The Balaban J connectivity index is 1.56. The van der Waals surface area contributed by atoms with Crippen LogP contribution in [-0.2, 0) is 17.9 Å². The lowest BCUT2D eigenvalue weighted by atomic mass is 10.2. The van der Waals surface area contributed by atoms with Crippen molar-refractivity contribution in [2.24, 2.45) is 5.92 Å². The topological polar surface area (TPSA) is 50.4 Å². The Morgan fingerprint density at radius 3 is 2.23 bits per heavy atom. The van der Waals surface area contributed by atoms with Crippen LogP contribution in [0.15, 0.2) is 66.7 Å².